The number of aromatic amines is 2. The number of rotatable bonds is 9. The van der Waals surface area contributed by atoms with E-state index in [2.05, 4.69) is 40.8 Å². The maximum absolute atomic E-state index is 12.9. The second-order valence-corrected chi connectivity index (χ2v) is 8.98. The van der Waals surface area contributed by atoms with Crippen LogP contribution in [0.3, 0.4) is 0 Å². The predicted octanol–water partition coefficient (Wildman–Crippen LogP) is 3.12. The van der Waals surface area contributed by atoms with Crippen LogP contribution >= 0.6 is 11.6 Å². The number of hydrogen-bond acceptors (Lipinski definition) is 7. The number of hydrogen-bond donors (Lipinski definition) is 5. The molecule has 0 radical (unpaired) electrons. The molecule has 0 saturated carbocycles. The number of nitrogens with one attached hydrogen (secondary N) is 5. The lowest BCUT2D eigenvalue weighted by Gasteiger charge is -2.26. The number of ether oxygens (including phenoxy) is 1. The fourth-order valence-corrected chi connectivity index (χ4v) is 4.32. The predicted molar refractivity (Wildman–Crippen MR) is 141 cm³/mol. The van der Waals surface area contributed by atoms with Gasteiger partial charge in [-0.3, -0.25) is 14.9 Å². The second-order valence-electron chi connectivity index (χ2n) is 8.57. The summed E-state index contributed by atoms with van der Waals surface area (Å²) in [5.74, 6) is -0.257. The van der Waals surface area contributed by atoms with E-state index in [0.717, 1.165) is 44.7 Å². The number of piperazine rings is 1. The normalized spacial score (nSPS) is 14.0. The molecular weight excluding hydrogens is 496 g/mol. The molecule has 5 rings (SSSR count). The van der Waals surface area contributed by atoms with Crippen LogP contribution in [0.2, 0.25) is 5.02 Å². The molecule has 1 saturated heterocycles. The molecule has 0 bridgehead atoms. The van der Waals surface area contributed by atoms with E-state index in [4.69, 9.17) is 16.3 Å². The largest absolute Gasteiger partial charge is 0.493 e. The summed E-state index contributed by atoms with van der Waals surface area (Å²) in [6.45, 7) is 5.71. The van der Waals surface area contributed by atoms with Crippen LogP contribution in [-0.4, -0.2) is 76.0 Å². The van der Waals surface area contributed by atoms with Gasteiger partial charge in [0, 0.05) is 38.8 Å². The summed E-state index contributed by atoms with van der Waals surface area (Å²) < 4.78 is 5.82. The van der Waals surface area contributed by atoms with Crippen molar-refractivity contribution in [2.75, 3.05) is 50.0 Å². The van der Waals surface area contributed by atoms with Crippen molar-refractivity contribution < 1.29 is 14.3 Å². The number of carbonyl (C=O) groups is 2. The standard InChI is InChI=1S/C25H27ClN8O3/c26-17-14-16(37-13-3-10-34-11-8-27-9-12-34)6-7-18(17)30-23(35)21-22(29-15-28-21)24(36)33-25-31-19-4-1-2-5-20(19)32-25/h1-2,4-7,14-15,27H,3,8-13H2,(H,28,29)(H,30,35)(H2,31,32,33,36). The molecule has 4 aromatic rings. The highest BCUT2D eigenvalue weighted by Crippen LogP contribution is 2.27. The Bertz CT molecular complexity index is 1360. The Hall–Kier alpha value is -3.93. The Labute approximate surface area is 218 Å². The molecule has 12 heteroatoms. The van der Waals surface area contributed by atoms with Crippen molar-refractivity contribution in [2.45, 2.75) is 6.42 Å². The average Bonchev–Trinajstić information content (AvgIpc) is 3.56. The summed E-state index contributed by atoms with van der Waals surface area (Å²) in [5, 5.41) is 9.01. The van der Waals surface area contributed by atoms with E-state index >= 15 is 0 Å². The van der Waals surface area contributed by atoms with Gasteiger partial charge in [-0.15, -0.1) is 0 Å². The first-order valence-corrected chi connectivity index (χ1v) is 12.4. The van der Waals surface area contributed by atoms with E-state index < -0.39 is 11.8 Å². The van der Waals surface area contributed by atoms with E-state index in [1.165, 1.54) is 6.33 Å². The molecule has 0 spiro atoms. The summed E-state index contributed by atoms with van der Waals surface area (Å²) in [5.41, 5.74) is 1.80. The van der Waals surface area contributed by atoms with Gasteiger partial charge >= 0.3 is 0 Å². The first-order valence-electron chi connectivity index (χ1n) is 12.0. The minimum absolute atomic E-state index is 0.00137. The summed E-state index contributed by atoms with van der Waals surface area (Å²) in [6.07, 6.45) is 2.19. The van der Waals surface area contributed by atoms with Crippen LogP contribution in [0.4, 0.5) is 11.6 Å². The van der Waals surface area contributed by atoms with Crippen molar-refractivity contribution in [3.05, 3.63) is 65.2 Å². The fourth-order valence-electron chi connectivity index (χ4n) is 4.10. The van der Waals surface area contributed by atoms with E-state index in [1.54, 1.807) is 18.2 Å². The van der Waals surface area contributed by atoms with Gasteiger partial charge in [-0.1, -0.05) is 23.7 Å². The third-order valence-corrected chi connectivity index (χ3v) is 6.30. The monoisotopic (exact) mass is 522 g/mol. The second kappa shape index (κ2) is 11.4. The number of imidazole rings is 2. The highest BCUT2D eigenvalue weighted by Gasteiger charge is 2.22. The van der Waals surface area contributed by atoms with Crippen molar-refractivity contribution in [1.29, 1.82) is 0 Å². The number of nitrogens with zero attached hydrogens (tertiary/aromatic N) is 3. The zero-order chi connectivity index (χ0) is 25.6. The smallest absolute Gasteiger partial charge is 0.276 e. The third kappa shape index (κ3) is 6.08. The van der Waals surface area contributed by atoms with E-state index in [0.29, 0.717) is 28.6 Å². The number of anilines is 2. The Morgan fingerprint density at radius 2 is 1.92 bits per heavy atom. The van der Waals surface area contributed by atoms with Crippen LogP contribution in [0, 0.1) is 0 Å². The van der Waals surface area contributed by atoms with E-state index in [9.17, 15) is 9.59 Å². The molecular formula is C25H27ClN8O3. The molecule has 1 aliphatic rings. The molecule has 2 aromatic carbocycles. The number of H-pyrrole nitrogens is 2. The van der Waals surface area contributed by atoms with Gasteiger partial charge in [0.05, 0.1) is 34.7 Å². The minimum atomic E-state index is -0.581. The number of carbonyl (C=O) groups excluding carboxylic acids is 2. The van der Waals surface area contributed by atoms with Gasteiger partial charge in [0.1, 0.15) is 11.4 Å². The van der Waals surface area contributed by atoms with Crippen LogP contribution in [0.15, 0.2) is 48.8 Å². The lowest BCUT2D eigenvalue weighted by Crippen LogP contribution is -2.43. The number of amides is 2. The molecule has 0 unspecified atom stereocenters. The molecule has 3 heterocycles. The van der Waals surface area contributed by atoms with Crippen molar-refractivity contribution in [1.82, 2.24) is 30.2 Å². The van der Waals surface area contributed by atoms with Gasteiger partial charge in [0.15, 0.2) is 5.69 Å². The van der Waals surface area contributed by atoms with Crippen molar-refractivity contribution >= 4 is 46.1 Å². The first kappa shape index (κ1) is 24.8. The van der Waals surface area contributed by atoms with Crippen LogP contribution in [0.5, 0.6) is 5.75 Å². The molecule has 11 nitrogen and oxygen atoms in total. The van der Waals surface area contributed by atoms with Gasteiger partial charge in [0.2, 0.25) is 5.95 Å². The van der Waals surface area contributed by atoms with E-state index in [-0.39, 0.29) is 17.3 Å². The van der Waals surface area contributed by atoms with Gasteiger partial charge in [-0.05, 0) is 30.7 Å². The topological polar surface area (TPSA) is 140 Å². The zero-order valence-electron chi connectivity index (χ0n) is 20.0. The number of fused-ring (bicyclic) bond motifs is 1. The van der Waals surface area contributed by atoms with Gasteiger partial charge in [-0.2, -0.15) is 0 Å². The Kier molecular flexibility index (Phi) is 7.64. The van der Waals surface area contributed by atoms with E-state index in [1.807, 2.05) is 24.3 Å². The number of halogens is 1. The van der Waals surface area contributed by atoms with Crippen molar-refractivity contribution in [3.8, 4) is 5.75 Å². The Balaban J connectivity index is 1.16. The SMILES string of the molecule is O=C(Nc1ccc(OCCCN2CCNCC2)cc1Cl)c1nc[nH]c1C(=O)Nc1nc2ccccc2[nH]1. The van der Waals surface area contributed by atoms with Crippen LogP contribution < -0.4 is 20.7 Å². The van der Waals surface area contributed by atoms with Gasteiger partial charge < -0.3 is 30.2 Å². The quantitative estimate of drug-likeness (QED) is 0.213. The molecule has 2 amide bonds. The minimum Gasteiger partial charge on any atom is -0.493 e. The Morgan fingerprint density at radius 3 is 2.73 bits per heavy atom. The highest BCUT2D eigenvalue weighted by atomic mass is 35.5. The van der Waals surface area contributed by atoms with Crippen LogP contribution in [0.25, 0.3) is 11.0 Å². The molecule has 2 aromatic heterocycles. The fraction of sp³-hybridized carbons (Fsp3) is 0.280. The maximum atomic E-state index is 12.9. The molecule has 192 valence electrons. The molecule has 1 aliphatic heterocycles. The lowest BCUT2D eigenvalue weighted by atomic mass is 10.2. The summed E-state index contributed by atoms with van der Waals surface area (Å²) in [7, 11) is 0. The molecule has 0 aliphatic carbocycles. The molecule has 37 heavy (non-hydrogen) atoms. The highest BCUT2D eigenvalue weighted by molar-refractivity contribution is 6.34. The van der Waals surface area contributed by atoms with Gasteiger partial charge in [-0.25, -0.2) is 9.97 Å². The maximum Gasteiger partial charge on any atom is 0.276 e. The Morgan fingerprint density at radius 1 is 1.08 bits per heavy atom. The number of benzene rings is 2. The average molecular weight is 523 g/mol. The zero-order valence-corrected chi connectivity index (χ0v) is 20.8. The first-order chi connectivity index (χ1) is 18.1. The summed E-state index contributed by atoms with van der Waals surface area (Å²) >= 11 is 6.39. The van der Waals surface area contributed by atoms with Crippen molar-refractivity contribution in [2.24, 2.45) is 0 Å². The molecule has 5 N–H and O–H groups in total. The summed E-state index contributed by atoms with van der Waals surface area (Å²) in [6, 6.07) is 12.4. The van der Waals surface area contributed by atoms with Crippen LogP contribution in [0.1, 0.15) is 27.4 Å². The lowest BCUT2D eigenvalue weighted by molar-refractivity contribution is 0.0985. The third-order valence-electron chi connectivity index (χ3n) is 5.99. The molecule has 1 fully saturated rings. The number of para-hydroxylation sites is 2. The van der Waals surface area contributed by atoms with Gasteiger partial charge in [0.25, 0.3) is 11.8 Å². The van der Waals surface area contributed by atoms with Crippen LogP contribution in [-0.2, 0) is 0 Å². The summed E-state index contributed by atoms with van der Waals surface area (Å²) in [4.78, 5) is 42.2. The number of aromatic nitrogens is 4. The van der Waals surface area contributed by atoms with Crippen molar-refractivity contribution in [3.63, 3.8) is 0 Å². The molecule has 0 atom stereocenters.